The number of carbonyl (C=O) groups is 1. The molecule has 4 heteroatoms. The number of ketones is 1. The normalized spacial score (nSPS) is 13.2. The number of hydrogen-bond donors (Lipinski definition) is 0. The van der Waals surface area contributed by atoms with Crippen molar-refractivity contribution in [2.24, 2.45) is 0 Å². The molecule has 0 spiro atoms. The SMILES string of the molecule is COc1cc(C#N)c2c(c1OC)C(=O)CC2. The van der Waals surface area contributed by atoms with E-state index in [1.165, 1.54) is 14.2 Å². The molecule has 0 radical (unpaired) electrons. The molecule has 0 heterocycles. The van der Waals surface area contributed by atoms with Crippen molar-refractivity contribution in [1.82, 2.24) is 0 Å². The zero-order valence-corrected chi connectivity index (χ0v) is 9.16. The van der Waals surface area contributed by atoms with Crippen molar-refractivity contribution in [2.45, 2.75) is 12.8 Å². The van der Waals surface area contributed by atoms with E-state index in [9.17, 15) is 4.79 Å². The summed E-state index contributed by atoms with van der Waals surface area (Å²) in [5.41, 5.74) is 1.79. The molecule has 0 fully saturated rings. The predicted octanol–water partition coefficient (Wildman–Crippen LogP) is 1.70. The lowest BCUT2D eigenvalue weighted by molar-refractivity contribution is 0.0991. The number of hydrogen-bond acceptors (Lipinski definition) is 4. The first-order valence-electron chi connectivity index (χ1n) is 4.94. The number of carbonyl (C=O) groups excluding carboxylic acids is 1. The Bertz CT molecular complexity index is 500. The van der Waals surface area contributed by atoms with Gasteiger partial charge in [0, 0.05) is 12.5 Å². The molecule has 0 aromatic heterocycles. The quantitative estimate of drug-likeness (QED) is 0.756. The summed E-state index contributed by atoms with van der Waals surface area (Å²) in [5.74, 6) is 0.898. The van der Waals surface area contributed by atoms with E-state index in [1.54, 1.807) is 6.07 Å². The lowest BCUT2D eigenvalue weighted by Gasteiger charge is -2.12. The first kappa shape index (κ1) is 10.5. The average Bonchev–Trinajstić information content (AvgIpc) is 2.70. The number of benzene rings is 1. The molecular formula is C12H11NO3. The van der Waals surface area contributed by atoms with Crippen molar-refractivity contribution in [3.8, 4) is 17.6 Å². The maximum absolute atomic E-state index is 11.7. The first-order chi connectivity index (χ1) is 7.72. The average molecular weight is 217 g/mol. The molecule has 82 valence electrons. The van der Waals surface area contributed by atoms with Gasteiger partial charge in [-0.2, -0.15) is 5.26 Å². The number of nitriles is 1. The highest BCUT2D eigenvalue weighted by molar-refractivity contribution is 6.04. The minimum Gasteiger partial charge on any atom is -0.493 e. The predicted molar refractivity (Wildman–Crippen MR) is 56.9 cm³/mol. The van der Waals surface area contributed by atoms with E-state index < -0.39 is 0 Å². The van der Waals surface area contributed by atoms with Crippen LogP contribution in [0.5, 0.6) is 11.5 Å². The molecule has 0 N–H and O–H groups in total. The second-order valence-corrected chi connectivity index (χ2v) is 3.55. The van der Waals surface area contributed by atoms with Gasteiger partial charge < -0.3 is 9.47 Å². The number of rotatable bonds is 2. The zero-order chi connectivity index (χ0) is 11.7. The van der Waals surface area contributed by atoms with Crippen molar-refractivity contribution in [2.75, 3.05) is 14.2 Å². The molecule has 0 saturated carbocycles. The molecule has 1 aromatic carbocycles. The Morgan fingerprint density at radius 1 is 1.31 bits per heavy atom. The molecule has 2 rings (SSSR count). The van der Waals surface area contributed by atoms with E-state index in [0.29, 0.717) is 35.5 Å². The molecular weight excluding hydrogens is 206 g/mol. The summed E-state index contributed by atoms with van der Waals surface area (Å²) in [6.45, 7) is 0. The molecule has 0 amide bonds. The van der Waals surface area contributed by atoms with Crippen LogP contribution >= 0.6 is 0 Å². The Labute approximate surface area is 93.4 Å². The largest absolute Gasteiger partial charge is 0.493 e. The van der Waals surface area contributed by atoms with E-state index in [0.717, 1.165) is 5.56 Å². The smallest absolute Gasteiger partial charge is 0.171 e. The van der Waals surface area contributed by atoms with Gasteiger partial charge >= 0.3 is 0 Å². The van der Waals surface area contributed by atoms with Crippen molar-refractivity contribution in [1.29, 1.82) is 5.26 Å². The van der Waals surface area contributed by atoms with E-state index >= 15 is 0 Å². The second-order valence-electron chi connectivity index (χ2n) is 3.55. The van der Waals surface area contributed by atoms with Crippen LogP contribution < -0.4 is 9.47 Å². The highest BCUT2D eigenvalue weighted by atomic mass is 16.5. The third-order valence-electron chi connectivity index (χ3n) is 2.78. The summed E-state index contributed by atoms with van der Waals surface area (Å²) in [4.78, 5) is 11.7. The van der Waals surface area contributed by atoms with Crippen molar-refractivity contribution < 1.29 is 14.3 Å². The van der Waals surface area contributed by atoms with Gasteiger partial charge in [0.1, 0.15) is 0 Å². The van der Waals surface area contributed by atoms with Gasteiger partial charge in [0.25, 0.3) is 0 Å². The van der Waals surface area contributed by atoms with E-state index in [2.05, 4.69) is 6.07 Å². The summed E-state index contributed by atoms with van der Waals surface area (Å²) < 4.78 is 10.3. The summed E-state index contributed by atoms with van der Waals surface area (Å²) in [6, 6.07) is 3.71. The summed E-state index contributed by atoms with van der Waals surface area (Å²) in [7, 11) is 2.99. The highest BCUT2D eigenvalue weighted by Gasteiger charge is 2.29. The van der Waals surface area contributed by atoms with E-state index in [4.69, 9.17) is 14.7 Å². The van der Waals surface area contributed by atoms with Crippen molar-refractivity contribution >= 4 is 5.78 Å². The Balaban J connectivity index is 2.77. The fourth-order valence-corrected chi connectivity index (χ4v) is 2.05. The Hall–Kier alpha value is -2.02. The van der Waals surface area contributed by atoms with Crippen LogP contribution in [0.25, 0.3) is 0 Å². The van der Waals surface area contributed by atoms with Crippen LogP contribution in [0.2, 0.25) is 0 Å². The molecule has 0 atom stereocenters. The molecule has 0 aliphatic heterocycles. The number of methoxy groups -OCH3 is 2. The molecule has 1 aliphatic rings. The van der Waals surface area contributed by atoms with Crippen LogP contribution in [-0.2, 0) is 6.42 Å². The van der Waals surface area contributed by atoms with Crippen molar-refractivity contribution in [3.05, 3.63) is 22.8 Å². The van der Waals surface area contributed by atoms with Crippen LogP contribution in [0.15, 0.2) is 6.07 Å². The molecule has 0 saturated heterocycles. The number of nitrogens with zero attached hydrogens (tertiary/aromatic N) is 1. The van der Waals surface area contributed by atoms with Crippen LogP contribution in [0.3, 0.4) is 0 Å². The van der Waals surface area contributed by atoms with Gasteiger partial charge in [-0.05, 0) is 12.0 Å². The lowest BCUT2D eigenvalue weighted by atomic mass is 10.0. The highest BCUT2D eigenvalue weighted by Crippen LogP contribution is 2.40. The van der Waals surface area contributed by atoms with Crippen LogP contribution in [0.4, 0.5) is 0 Å². The fourth-order valence-electron chi connectivity index (χ4n) is 2.05. The molecule has 0 unspecified atom stereocenters. The number of Topliss-reactive ketones (excluding diaryl/α,β-unsaturated/α-hetero) is 1. The fraction of sp³-hybridized carbons (Fsp3) is 0.333. The van der Waals surface area contributed by atoms with E-state index in [-0.39, 0.29) is 5.78 Å². The van der Waals surface area contributed by atoms with Gasteiger partial charge in [-0.3, -0.25) is 4.79 Å². The maximum Gasteiger partial charge on any atom is 0.171 e. The Morgan fingerprint density at radius 3 is 2.62 bits per heavy atom. The summed E-state index contributed by atoms with van der Waals surface area (Å²) in [6.07, 6.45) is 1.05. The minimum absolute atomic E-state index is 0.0160. The number of fused-ring (bicyclic) bond motifs is 1. The molecule has 1 aliphatic carbocycles. The Kier molecular flexibility index (Phi) is 2.53. The number of ether oxygens (including phenoxy) is 2. The Morgan fingerprint density at radius 2 is 2.06 bits per heavy atom. The monoisotopic (exact) mass is 217 g/mol. The van der Waals surface area contributed by atoms with E-state index in [1.807, 2.05) is 0 Å². The molecule has 4 nitrogen and oxygen atoms in total. The van der Waals surface area contributed by atoms with Gasteiger partial charge in [-0.1, -0.05) is 0 Å². The van der Waals surface area contributed by atoms with Gasteiger partial charge in [0.15, 0.2) is 17.3 Å². The van der Waals surface area contributed by atoms with Gasteiger partial charge in [0.2, 0.25) is 0 Å². The van der Waals surface area contributed by atoms with Crippen molar-refractivity contribution in [3.63, 3.8) is 0 Å². The topological polar surface area (TPSA) is 59.3 Å². The van der Waals surface area contributed by atoms with Crippen LogP contribution in [0, 0.1) is 11.3 Å². The standard InChI is InChI=1S/C12H11NO3/c1-15-10-5-7(6-13)8-3-4-9(14)11(8)12(10)16-2/h5H,3-4H2,1-2H3. The lowest BCUT2D eigenvalue weighted by Crippen LogP contribution is -2.01. The zero-order valence-electron chi connectivity index (χ0n) is 9.16. The third kappa shape index (κ3) is 1.33. The third-order valence-corrected chi connectivity index (χ3v) is 2.78. The van der Waals surface area contributed by atoms with Crippen LogP contribution in [0.1, 0.15) is 27.9 Å². The summed E-state index contributed by atoms with van der Waals surface area (Å²) >= 11 is 0. The van der Waals surface area contributed by atoms with Gasteiger partial charge in [-0.15, -0.1) is 0 Å². The molecule has 16 heavy (non-hydrogen) atoms. The maximum atomic E-state index is 11.7. The molecule has 1 aromatic rings. The first-order valence-corrected chi connectivity index (χ1v) is 4.94. The molecule has 0 bridgehead atoms. The minimum atomic E-state index is 0.0160. The van der Waals surface area contributed by atoms with Gasteiger partial charge in [-0.25, -0.2) is 0 Å². The summed E-state index contributed by atoms with van der Waals surface area (Å²) in [5, 5.41) is 9.01. The van der Waals surface area contributed by atoms with Gasteiger partial charge in [0.05, 0.1) is 31.4 Å². The second kappa shape index (κ2) is 3.86. The van der Waals surface area contributed by atoms with Crippen LogP contribution in [-0.4, -0.2) is 20.0 Å².